The molecule has 2 N–H and O–H groups in total. The lowest BCUT2D eigenvalue weighted by atomic mass is 10.1. The summed E-state index contributed by atoms with van der Waals surface area (Å²) >= 11 is 24.8. The van der Waals surface area contributed by atoms with Crippen LogP contribution in [0.15, 0.2) is 208 Å². The Labute approximate surface area is 824 Å². The summed E-state index contributed by atoms with van der Waals surface area (Å²) in [5.74, 6) is 0.469. The van der Waals surface area contributed by atoms with Crippen molar-refractivity contribution in [3.8, 4) is 23.0 Å². The van der Waals surface area contributed by atoms with Gasteiger partial charge in [0, 0.05) is 112 Å². The molecule has 2 aliphatic carbocycles. The maximum absolute atomic E-state index is 13.4. The molecule has 0 spiro atoms. The minimum Gasteiger partial charge on any atom is -0.495 e. The first-order valence-corrected chi connectivity index (χ1v) is 48.8. The summed E-state index contributed by atoms with van der Waals surface area (Å²) < 4.78 is 30.8. The fraction of sp³-hybridized carbons (Fsp3) is 0.385. The van der Waals surface area contributed by atoms with Crippen LogP contribution in [-0.4, -0.2) is 159 Å². The van der Waals surface area contributed by atoms with Gasteiger partial charge in [-0.15, -0.1) is 0 Å². The molecule has 0 bridgehead atoms. The zero-order valence-corrected chi connectivity index (χ0v) is 81.5. The lowest BCUT2D eigenvalue weighted by molar-refractivity contribution is -0.131. The highest BCUT2D eigenvalue weighted by atomic mass is 35.5. The number of hydrogen-bond donors (Lipinski definition) is 2. The van der Waals surface area contributed by atoms with Crippen LogP contribution in [-0.2, 0) is 71.5 Å². The number of benzene rings is 8. The number of carbonyl (C=O) groups excluding carboxylic acids is 8. The average molecular weight is 1990 g/mol. The van der Waals surface area contributed by atoms with E-state index < -0.39 is 45.0 Å². The molecule has 0 unspecified atom stereocenters. The minimum absolute atomic E-state index is 0.0400. The van der Waals surface area contributed by atoms with Crippen molar-refractivity contribution in [2.75, 3.05) is 53.6 Å². The molecule has 4 aromatic heterocycles. The Morgan fingerprint density at radius 1 is 0.314 bits per heavy atom. The summed E-state index contributed by atoms with van der Waals surface area (Å²) in [5, 5.41) is 8.59. The van der Waals surface area contributed by atoms with E-state index in [1.54, 1.807) is 146 Å². The van der Waals surface area contributed by atoms with E-state index in [-0.39, 0.29) is 147 Å². The number of nitrogens with zero attached hydrogens (tertiary/aromatic N) is 10. The van der Waals surface area contributed by atoms with Gasteiger partial charge in [0.05, 0.1) is 117 Å². The Morgan fingerprint density at radius 3 is 0.800 bits per heavy atom. The van der Waals surface area contributed by atoms with E-state index in [2.05, 4.69) is 10.6 Å². The number of nitrogens with one attached hydrogen (secondary N) is 2. The van der Waals surface area contributed by atoms with Gasteiger partial charge in [0.2, 0.25) is 23.6 Å². The van der Waals surface area contributed by atoms with Gasteiger partial charge in [0.25, 0.3) is 22.2 Å². The summed E-state index contributed by atoms with van der Waals surface area (Å²) in [6, 6.07) is 46.1. The highest BCUT2D eigenvalue weighted by Crippen LogP contribution is 2.31. The summed E-state index contributed by atoms with van der Waals surface area (Å²) in [7, 11) is 2.96. The van der Waals surface area contributed by atoms with Crippen LogP contribution in [0.5, 0.6) is 23.0 Å². The van der Waals surface area contributed by atoms with E-state index in [0.29, 0.717) is 138 Å². The fourth-order valence-electron chi connectivity index (χ4n) is 18.0. The van der Waals surface area contributed by atoms with Crippen molar-refractivity contribution in [1.82, 2.24) is 57.0 Å². The second-order valence-corrected chi connectivity index (χ2v) is 36.2. The van der Waals surface area contributed by atoms with E-state index >= 15 is 0 Å². The van der Waals surface area contributed by atoms with Crippen LogP contribution in [0.3, 0.4) is 0 Å². The molecule has 2 saturated heterocycles. The van der Waals surface area contributed by atoms with Gasteiger partial charge in [0.15, 0.2) is 23.1 Å². The standard InChI is InChI=1S/C27H30ClN3O5.2C26H28ClN3O5.C25H26ClN3O5/c1-2-36-24-14-13-18(16-21(24)28)23(32)17-31-22-11-6-5-10-20(22)26(34)30(27(31)35)15-7-12-25(33)29-19-8-3-4-9-19;1-35-23-13-12-17(15-20(23)27)22(31)16-30-21-10-5-4-9-19(21)25(33)29(26(30)34)14-6-11-24(32)28-18-7-2-3-8-18;1-2-35-23-12-11-18(16-20(23)27)22(31)17-30-21-9-4-3-8-19(21)25(33)29(26(30)34)15-7-10-24(32)28-13-5-6-14-28;1-34-22-11-10-17(15-19(22)26)21(30)16-29-20-8-3-2-7-18(20)24(32)28(25(29)33)14-6-9-23(31)27-12-4-5-13-27/h5-6,10-11,13-14,16,19H,2-4,7-9,12,15,17H2,1H3,(H,29,33);4-5,9-10,12-13,15,18H,2-3,6-8,11,14,16H2,1H3,(H,28,32);3-4,8-9,11-12,16H,2,5-7,10,13-15,17H2,1H3;2-3,7-8,10-11,15H,4-6,9,12-14,16H2,1H3. The van der Waals surface area contributed by atoms with Crippen molar-refractivity contribution >= 4 is 137 Å². The molecule has 4 fully saturated rings. The molecule has 0 atom stereocenters. The van der Waals surface area contributed by atoms with Crippen molar-refractivity contribution in [1.29, 1.82) is 0 Å². The number of rotatable bonds is 36. The van der Waals surface area contributed by atoms with Crippen LogP contribution in [0.25, 0.3) is 43.6 Å². The van der Waals surface area contributed by atoms with E-state index in [0.717, 1.165) is 121 Å². The van der Waals surface area contributed by atoms with Crippen LogP contribution >= 0.6 is 46.4 Å². The predicted molar refractivity (Wildman–Crippen MR) is 538 cm³/mol. The van der Waals surface area contributed by atoms with E-state index in [4.69, 9.17) is 65.4 Å². The smallest absolute Gasteiger partial charge is 0.331 e. The zero-order chi connectivity index (χ0) is 99.8. The molecular formula is C104H112Cl4N12O20. The lowest BCUT2D eigenvalue weighted by Crippen LogP contribution is -2.41. The number of Topliss-reactive ketones (excluding diaryl/α,β-unsaturated/α-hetero) is 4. The molecule has 2 saturated carbocycles. The number of fused-ring (bicyclic) bond motifs is 4. The van der Waals surface area contributed by atoms with Crippen LogP contribution in [0.1, 0.15) is 184 Å². The molecule has 736 valence electrons. The minimum atomic E-state index is -0.585. The molecule has 36 heteroatoms. The predicted octanol–water partition coefficient (Wildman–Crippen LogP) is 14.1. The van der Waals surface area contributed by atoms with Crippen molar-refractivity contribution < 1.29 is 57.3 Å². The molecule has 16 rings (SSSR count). The van der Waals surface area contributed by atoms with Gasteiger partial charge in [-0.1, -0.05) is 121 Å². The second kappa shape index (κ2) is 49.3. The number of methoxy groups -OCH3 is 2. The summed E-state index contributed by atoms with van der Waals surface area (Å²) in [6.45, 7) is 6.97. The Balaban J connectivity index is 0.000000157. The SMILES string of the molecule is CCOc1ccc(C(=O)Cn2c(=O)n(CCCC(=O)N3CCCC3)c(=O)c3ccccc32)cc1Cl.CCOc1ccc(C(=O)Cn2c(=O)n(CCCC(=O)NC3CCCC3)c(=O)c3ccccc32)cc1Cl.COc1ccc(C(=O)Cn2c(=O)n(CCCC(=O)N3CCCC3)c(=O)c3ccccc32)cc1Cl.COc1ccc(C(=O)Cn2c(=O)n(CCCC(=O)NC3CCCC3)c(=O)c3ccccc32)cc1Cl. The first kappa shape index (κ1) is 104. The van der Waals surface area contributed by atoms with Gasteiger partial charge in [-0.05, 0) is 212 Å². The van der Waals surface area contributed by atoms with E-state index in [1.165, 1.54) is 56.8 Å². The Bertz CT molecular complexity index is 7170. The van der Waals surface area contributed by atoms with Crippen molar-refractivity contribution in [3.05, 3.63) is 296 Å². The quantitative estimate of drug-likeness (QED) is 0.0344. The molecule has 0 radical (unpaired) electrons. The molecule has 6 heterocycles. The molecule has 8 aromatic carbocycles. The normalized spacial score (nSPS) is 13.6. The number of amides is 4. The molecular weight excluding hydrogens is 1880 g/mol. The van der Waals surface area contributed by atoms with Crippen molar-refractivity contribution in [3.63, 3.8) is 0 Å². The van der Waals surface area contributed by atoms with Crippen LogP contribution in [0.2, 0.25) is 20.1 Å². The number of carbonyl (C=O) groups is 8. The third-order valence-electron chi connectivity index (χ3n) is 25.3. The highest BCUT2D eigenvalue weighted by Gasteiger charge is 2.28. The molecule has 4 aliphatic rings. The Morgan fingerprint density at radius 2 is 0.557 bits per heavy atom. The lowest BCUT2D eigenvalue weighted by Gasteiger charge is -2.16. The van der Waals surface area contributed by atoms with Gasteiger partial charge in [0.1, 0.15) is 23.0 Å². The molecule has 2 aliphatic heterocycles. The van der Waals surface area contributed by atoms with Crippen molar-refractivity contribution in [2.45, 2.75) is 207 Å². The van der Waals surface area contributed by atoms with E-state index in [9.17, 15) is 76.7 Å². The van der Waals surface area contributed by atoms with Crippen LogP contribution in [0.4, 0.5) is 0 Å². The maximum atomic E-state index is 13.4. The van der Waals surface area contributed by atoms with Gasteiger partial charge in [-0.3, -0.25) is 94.1 Å². The first-order chi connectivity index (χ1) is 67.6. The average Bonchev–Trinajstić information content (AvgIpc) is 0.920. The number of hydrogen-bond acceptors (Lipinski definition) is 20. The second-order valence-electron chi connectivity index (χ2n) is 34.6. The van der Waals surface area contributed by atoms with Gasteiger partial charge in [-0.2, -0.15) is 0 Å². The third-order valence-corrected chi connectivity index (χ3v) is 26.4. The Kier molecular flexibility index (Phi) is 36.6. The highest BCUT2D eigenvalue weighted by molar-refractivity contribution is 6.33. The maximum Gasteiger partial charge on any atom is 0.331 e. The van der Waals surface area contributed by atoms with E-state index in [1.807, 2.05) is 23.6 Å². The first-order valence-electron chi connectivity index (χ1n) is 47.3. The fourth-order valence-corrected chi connectivity index (χ4v) is 18.9. The Hall–Kier alpha value is -13.6. The molecule has 4 amide bonds. The van der Waals surface area contributed by atoms with Gasteiger partial charge >= 0.3 is 22.8 Å². The summed E-state index contributed by atoms with van der Waals surface area (Å²) in [4.78, 5) is 211. The van der Waals surface area contributed by atoms with Crippen LogP contribution < -0.4 is 74.6 Å². The van der Waals surface area contributed by atoms with Gasteiger partial charge < -0.3 is 39.4 Å². The topological polar surface area (TPSA) is 380 Å². The summed E-state index contributed by atoms with van der Waals surface area (Å²) in [6.07, 6.45) is 14.9. The number of halogens is 4. The summed E-state index contributed by atoms with van der Waals surface area (Å²) in [5.41, 5.74) is -1.18. The van der Waals surface area contributed by atoms with Crippen molar-refractivity contribution in [2.24, 2.45) is 0 Å². The number of para-hydroxylation sites is 4. The molecule has 140 heavy (non-hydrogen) atoms. The monoisotopic (exact) mass is 1990 g/mol. The van der Waals surface area contributed by atoms with Gasteiger partial charge in [-0.25, -0.2) is 19.2 Å². The third kappa shape index (κ3) is 25.5. The zero-order valence-electron chi connectivity index (χ0n) is 78.5. The molecule has 32 nitrogen and oxygen atoms in total. The van der Waals surface area contributed by atoms with Crippen LogP contribution in [0, 0.1) is 0 Å². The number of aromatic nitrogens is 8. The number of ketones is 4. The number of ether oxygens (including phenoxy) is 4. The largest absolute Gasteiger partial charge is 0.495 e. The molecule has 12 aromatic rings. The number of likely N-dealkylation sites (tertiary alicyclic amines) is 2.